The van der Waals surface area contributed by atoms with E-state index in [0.717, 1.165) is 6.42 Å². The first-order valence-corrected chi connectivity index (χ1v) is 5.53. The first kappa shape index (κ1) is 13.9. The molecule has 0 aromatic heterocycles. The summed E-state index contributed by atoms with van der Waals surface area (Å²) in [5.41, 5.74) is 0. The van der Waals surface area contributed by atoms with Gasteiger partial charge in [-0.2, -0.15) is 0 Å². The first-order chi connectivity index (χ1) is 7.46. The minimum atomic E-state index is -1.03. The molecule has 0 saturated carbocycles. The zero-order valence-electron chi connectivity index (χ0n) is 10.6. The largest absolute Gasteiger partial charge is 0.394 e. The van der Waals surface area contributed by atoms with Gasteiger partial charge in [-0.1, -0.05) is 6.92 Å². The van der Waals surface area contributed by atoms with Crippen LogP contribution in [-0.4, -0.2) is 49.7 Å². The Hall–Kier alpha value is -0.200. The van der Waals surface area contributed by atoms with E-state index in [1.54, 1.807) is 21.0 Å². The van der Waals surface area contributed by atoms with Crippen molar-refractivity contribution < 1.29 is 24.1 Å². The zero-order chi connectivity index (χ0) is 12.4. The number of aliphatic hydroxyl groups excluding tert-OH is 1. The summed E-state index contributed by atoms with van der Waals surface area (Å²) in [5.74, 6) is -2.01. The molecule has 16 heavy (non-hydrogen) atoms. The van der Waals surface area contributed by atoms with Crippen LogP contribution in [0.1, 0.15) is 27.2 Å². The molecule has 1 heterocycles. The maximum absolute atomic E-state index is 9.26. The van der Waals surface area contributed by atoms with Crippen molar-refractivity contribution in [2.45, 2.75) is 51.0 Å². The number of hydrogen-bond acceptors (Lipinski definition) is 5. The normalized spacial score (nSPS) is 44.6. The van der Waals surface area contributed by atoms with Crippen molar-refractivity contribution >= 4 is 0 Å². The zero-order valence-corrected chi connectivity index (χ0v) is 10.6. The molecule has 1 saturated heterocycles. The van der Waals surface area contributed by atoms with Gasteiger partial charge in [-0.05, 0) is 20.3 Å². The van der Waals surface area contributed by atoms with Gasteiger partial charge in [-0.25, -0.2) is 0 Å². The molecule has 0 spiro atoms. The Kier molecular flexibility index (Phi) is 4.31. The quantitative estimate of drug-likeness (QED) is 0.783. The Labute approximate surface area is 96.6 Å². The van der Waals surface area contributed by atoms with Crippen LogP contribution >= 0.6 is 0 Å². The Morgan fingerprint density at radius 2 is 1.50 bits per heavy atom. The van der Waals surface area contributed by atoms with E-state index in [4.69, 9.17) is 18.9 Å². The smallest absolute Gasteiger partial charge is 0.220 e. The number of rotatable bonds is 4. The molecule has 0 aliphatic carbocycles. The van der Waals surface area contributed by atoms with Crippen LogP contribution in [0.15, 0.2) is 0 Å². The maximum atomic E-state index is 9.26. The van der Waals surface area contributed by atoms with Crippen molar-refractivity contribution in [2.24, 2.45) is 0 Å². The van der Waals surface area contributed by atoms with E-state index >= 15 is 0 Å². The second-order valence-corrected chi connectivity index (χ2v) is 4.20. The average Bonchev–Trinajstić information content (AvgIpc) is 2.31. The van der Waals surface area contributed by atoms with Gasteiger partial charge in [0.25, 0.3) is 0 Å². The van der Waals surface area contributed by atoms with Crippen LogP contribution < -0.4 is 0 Å². The van der Waals surface area contributed by atoms with E-state index in [9.17, 15) is 5.11 Å². The van der Waals surface area contributed by atoms with Crippen LogP contribution in [0.3, 0.4) is 0 Å². The van der Waals surface area contributed by atoms with Crippen LogP contribution in [-0.2, 0) is 18.9 Å². The van der Waals surface area contributed by atoms with E-state index in [2.05, 4.69) is 0 Å². The van der Waals surface area contributed by atoms with Crippen molar-refractivity contribution in [1.82, 2.24) is 0 Å². The molecule has 0 radical (unpaired) electrons. The second kappa shape index (κ2) is 4.98. The molecule has 0 amide bonds. The standard InChI is InChI=1S/C11H22O5/c1-6-8-9(7-12)16-11(3,14-5)10(2,13-4)15-8/h8-9,12H,6-7H2,1-5H3/t8-,9-,10-,11-/m1/s1. The Balaban J connectivity index is 2.94. The van der Waals surface area contributed by atoms with Gasteiger partial charge in [0, 0.05) is 14.2 Å². The molecular formula is C11H22O5. The van der Waals surface area contributed by atoms with E-state index < -0.39 is 17.7 Å². The summed E-state index contributed by atoms with van der Waals surface area (Å²) < 4.78 is 22.3. The van der Waals surface area contributed by atoms with Gasteiger partial charge >= 0.3 is 0 Å². The average molecular weight is 234 g/mol. The lowest BCUT2D eigenvalue weighted by Crippen LogP contribution is -2.65. The predicted octanol–water partition coefficient (Wildman–Crippen LogP) is 0.898. The highest BCUT2D eigenvalue weighted by molar-refractivity contribution is 4.90. The molecule has 1 aliphatic rings. The van der Waals surface area contributed by atoms with Crippen LogP contribution in [0.5, 0.6) is 0 Å². The van der Waals surface area contributed by atoms with Crippen molar-refractivity contribution in [2.75, 3.05) is 20.8 Å². The van der Waals surface area contributed by atoms with E-state index in [1.165, 1.54) is 7.11 Å². The molecule has 96 valence electrons. The van der Waals surface area contributed by atoms with Gasteiger partial charge in [0.1, 0.15) is 6.10 Å². The fraction of sp³-hybridized carbons (Fsp3) is 1.00. The Morgan fingerprint density at radius 3 is 1.81 bits per heavy atom. The molecule has 0 aromatic carbocycles. The SMILES string of the molecule is CC[C@H]1O[C@@](C)(OC)[C@](C)(OC)O[C@@H]1CO. The van der Waals surface area contributed by atoms with Crippen LogP contribution in [0.2, 0.25) is 0 Å². The monoisotopic (exact) mass is 234 g/mol. The number of ether oxygens (including phenoxy) is 4. The van der Waals surface area contributed by atoms with Gasteiger partial charge in [0.15, 0.2) is 0 Å². The minimum Gasteiger partial charge on any atom is -0.394 e. The maximum Gasteiger partial charge on any atom is 0.220 e. The molecule has 5 heteroatoms. The van der Waals surface area contributed by atoms with Gasteiger partial charge in [-0.15, -0.1) is 0 Å². The summed E-state index contributed by atoms with van der Waals surface area (Å²) in [6.07, 6.45) is 0.153. The Morgan fingerprint density at radius 1 is 1.06 bits per heavy atom. The van der Waals surface area contributed by atoms with Gasteiger partial charge in [0.2, 0.25) is 11.6 Å². The lowest BCUT2D eigenvalue weighted by atomic mass is 10.0. The summed E-state index contributed by atoms with van der Waals surface area (Å²) >= 11 is 0. The third-order valence-electron chi connectivity index (χ3n) is 3.35. The number of methoxy groups -OCH3 is 2. The third-order valence-corrected chi connectivity index (χ3v) is 3.35. The summed E-state index contributed by atoms with van der Waals surface area (Å²) in [4.78, 5) is 0. The van der Waals surface area contributed by atoms with Crippen LogP contribution in [0, 0.1) is 0 Å². The van der Waals surface area contributed by atoms with Crippen molar-refractivity contribution in [3.05, 3.63) is 0 Å². The molecule has 0 bridgehead atoms. The molecule has 5 nitrogen and oxygen atoms in total. The topological polar surface area (TPSA) is 57.2 Å². The van der Waals surface area contributed by atoms with E-state index in [0.29, 0.717) is 0 Å². The summed E-state index contributed by atoms with van der Waals surface area (Å²) in [6, 6.07) is 0. The van der Waals surface area contributed by atoms with Gasteiger partial charge in [0.05, 0.1) is 12.7 Å². The minimum absolute atomic E-state index is 0.0999. The van der Waals surface area contributed by atoms with Crippen molar-refractivity contribution in [3.8, 4) is 0 Å². The fourth-order valence-corrected chi connectivity index (χ4v) is 1.91. The van der Waals surface area contributed by atoms with E-state index in [-0.39, 0.29) is 12.7 Å². The third kappa shape index (κ3) is 2.10. The molecule has 0 unspecified atom stereocenters. The lowest BCUT2D eigenvalue weighted by Gasteiger charge is -2.51. The first-order valence-electron chi connectivity index (χ1n) is 5.53. The van der Waals surface area contributed by atoms with Crippen LogP contribution in [0.4, 0.5) is 0 Å². The predicted molar refractivity (Wildman–Crippen MR) is 58.0 cm³/mol. The summed E-state index contributed by atoms with van der Waals surface area (Å²) in [6.45, 7) is 5.39. The fourth-order valence-electron chi connectivity index (χ4n) is 1.91. The lowest BCUT2D eigenvalue weighted by molar-refractivity contribution is -0.449. The van der Waals surface area contributed by atoms with Gasteiger partial charge in [-0.3, -0.25) is 0 Å². The molecule has 4 atom stereocenters. The molecule has 0 aromatic rings. The highest BCUT2D eigenvalue weighted by atomic mass is 16.8. The molecule has 1 fully saturated rings. The summed E-state index contributed by atoms with van der Waals surface area (Å²) in [7, 11) is 3.08. The highest BCUT2D eigenvalue weighted by Gasteiger charge is 2.56. The number of hydrogen-bond donors (Lipinski definition) is 1. The second-order valence-electron chi connectivity index (χ2n) is 4.20. The van der Waals surface area contributed by atoms with Crippen molar-refractivity contribution in [3.63, 3.8) is 0 Å². The van der Waals surface area contributed by atoms with Gasteiger partial charge < -0.3 is 24.1 Å². The summed E-state index contributed by atoms with van der Waals surface area (Å²) in [5, 5.41) is 9.26. The Bertz CT molecular complexity index is 210. The highest BCUT2D eigenvalue weighted by Crippen LogP contribution is 2.39. The van der Waals surface area contributed by atoms with Crippen molar-refractivity contribution in [1.29, 1.82) is 0 Å². The molecule has 1 N–H and O–H groups in total. The molecule has 1 aliphatic heterocycles. The molecule has 1 rings (SSSR count). The van der Waals surface area contributed by atoms with E-state index in [1.807, 2.05) is 6.92 Å². The molecular weight excluding hydrogens is 212 g/mol. The number of aliphatic hydroxyl groups is 1. The van der Waals surface area contributed by atoms with Crippen LogP contribution in [0.25, 0.3) is 0 Å².